The first-order valence-electron chi connectivity index (χ1n) is 6.63. The zero-order valence-corrected chi connectivity index (χ0v) is 11.7. The average molecular weight is 264 g/mol. The van der Waals surface area contributed by atoms with E-state index in [9.17, 15) is 9.18 Å². The molecule has 0 spiro atoms. The molecule has 4 heteroatoms. The molecule has 1 amide bonds. The molecule has 1 aliphatic rings. The smallest absolute Gasteiger partial charge is 0.253 e. The van der Waals surface area contributed by atoms with Gasteiger partial charge in [0.15, 0.2) is 0 Å². The van der Waals surface area contributed by atoms with Crippen LogP contribution in [0, 0.1) is 17.2 Å². The lowest BCUT2D eigenvalue weighted by molar-refractivity contribution is 0.0776. The van der Waals surface area contributed by atoms with Crippen molar-refractivity contribution >= 4 is 11.6 Å². The monoisotopic (exact) mass is 264 g/mol. The summed E-state index contributed by atoms with van der Waals surface area (Å²) in [6.07, 6.45) is 1.01. The van der Waals surface area contributed by atoms with Crippen LogP contribution >= 0.6 is 0 Å². The van der Waals surface area contributed by atoms with Gasteiger partial charge < -0.3 is 10.6 Å². The van der Waals surface area contributed by atoms with Crippen molar-refractivity contribution in [2.75, 3.05) is 18.8 Å². The van der Waals surface area contributed by atoms with Crippen LogP contribution < -0.4 is 5.73 Å². The molecule has 0 saturated carbocycles. The van der Waals surface area contributed by atoms with Crippen LogP contribution in [0.15, 0.2) is 18.2 Å². The maximum absolute atomic E-state index is 13.4. The van der Waals surface area contributed by atoms with Crippen LogP contribution in [0.4, 0.5) is 10.1 Å². The van der Waals surface area contributed by atoms with E-state index in [1.807, 2.05) is 0 Å². The minimum atomic E-state index is -0.530. The van der Waals surface area contributed by atoms with Crippen molar-refractivity contribution in [3.05, 3.63) is 29.6 Å². The number of anilines is 1. The van der Waals surface area contributed by atoms with Gasteiger partial charge in [0.2, 0.25) is 0 Å². The molecule has 0 bridgehead atoms. The quantitative estimate of drug-likeness (QED) is 0.793. The zero-order valence-electron chi connectivity index (χ0n) is 11.7. The molecule has 1 aromatic carbocycles. The van der Waals surface area contributed by atoms with Crippen molar-refractivity contribution in [2.45, 2.75) is 27.2 Å². The summed E-state index contributed by atoms with van der Waals surface area (Å²) in [4.78, 5) is 14.1. The number of carbonyl (C=O) groups is 1. The van der Waals surface area contributed by atoms with Crippen molar-refractivity contribution < 1.29 is 9.18 Å². The molecule has 19 heavy (non-hydrogen) atoms. The molecule has 0 aromatic heterocycles. The summed E-state index contributed by atoms with van der Waals surface area (Å²) < 4.78 is 13.4. The summed E-state index contributed by atoms with van der Waals surface area (Å²) in [6, 6.07) is 4.26. The molecule has 0 radical (unpaired) electrons. The van der Waals surface area contributed by atoms with Crippen LogP contribution in [0.1, 0.15) is 37.6 Å². The van der Waals surface area contributed by atoms with E-state index in [-0.39, 0.29) is 17.0 Å². The second-order valence-electron chi connectivity index (χ2n) is 6.34. The Morgan fingerprint density at radius 2 is 2.11 bits per heavy atom. The molecule has 1 atom stereocenters. The van der Waals surface area contributed by atoms with Gasteiger partial charge in [0.05, 0.1) is 5.69 Å². The lowest BCUT2D eigenvalue weighted by atomic mass is 9.80. The largest absolute Gasteiger partial charge is 0.396 e. The fraction of sp³-hybridized carbons (Fsp3) is 0.533. The molecule has 0 aliphatic carbocycles. The molecule has 1 aromatic rings. The number of rotatable bonds is 1. The minimum Gasteiger partial charge on any atom is -0.396 e. The third kappa shape index (κ3) is 2.88. The van der Waals surface area contributed by atoms with Crippen LogP contribution in [0.25, 0.3) is 0 Å². The van der Waals surface area contributed by atoms with E-state index in [2.05, 4.69) is 20.8 Å². The normalized spacial score (nSPS) is 19.8. The number of halogens is 1. The standard InChI is InChI=1S/C15H21FN2O/c1-15(2,3)11-6-7-18(9-11)14(19)10-4-5-13(17)12(16)8-10/h4-5,8,11H,6-7,9,17H2,1-3H3. The summed E-state index contributed by atoms with van der Waals surface area (Å²) >= 11 is 0. The average Bonchev–Trinajstić information content (AvgIpc) is 2.81. The number of nitrogens with two attached hydrogens (primary N) is 1. The van der Waals surface area contributed by atoms with Gasteiger partial charge in [-0.3, -0.25) is 4.79 Å². The van der Waals surface area contributed by atoms with Crippen molar-refractivity contribution in [3.8, 4) is 0 Å². The highest BCUT2D eigenvalue weighted by molar-refractivity contribution is 5.94. The van der Waals surface area contributed by atoms with Gasteiger partial charge >= 0.3 is 0 Å². The van der Waals surface area contributed by atoms with Crippen molar-refractivity contribution in [2.24, 2.45) is 11.3 Å². The highest BCUT2D eigenvalue weighted by Crippen LogP contribution is 2.34. The summed E-state index contributed by atoms with van der Waals surface area (Å²) in [5.74, 6) is -0.141. The Labute approximate surface area is 113 Å². The predicted molar refractivity (Wildman–Crippen MR) is 74.3 cm³/mol. The number of hydrogen-bond donors (Lipinski definition) is 1. The van der Waals surface area contributed by atoms with E-state index in [4.69, 9.17) is 5.73 Å². The first-order chi connectivity index (χ1) is 8.79. The van der Waals surface area contributed by atoms with Crippen molar-refractivity contribution in [1.82, 2.24) is 4.90 Å². The molecule has 1 saturated heterocycles. The fourth-order valence-electron chi connectivity index (χ4n) is 2.49. The van der Waals surface area contributed by atoms with E-state index >= 15 is 0 Å². The van der Waals surface area contributed by atoms with Gasteiger partial charge in [0.1, 0.15) is 5.82 Å². The number of nitrogens with zero attached hydrogens (tertiary/aromatic N) is 1. The number of likely N-dealkylation sites (tertiary alicyclic amines) is 1. The molecular formula is C15H21FN2O. The topological polar surface area (TPSA) is 46.3 Å². The summed E-state index contributed by atoms with van der Waals surface area (Å²) in [7, 11) is 0. The second-order valence-corrected chi connectivity index (χ2v) is 6.34. The van der Waals surface area contributed by atoms with E-state index in [0.29, 0.717) is 11.5 Å². The molecule has 2 rings (SSSR count). The molecule has 104 valence electrons. The van der Waals surface area contributed by atoms with E-state index < -0.39 is 5.82 Å². The number of hydrogen-bond acceptors (Lipinski definition) is 2. The molecule has 3 nitrogen and oxygen atoms in total. The van der Waals surface area contributed by atoms with Gasteiger partial charge in [0, 0.05) is 18.7 Å². The third-order valence-electron chi connectivity index (χ3n) is 3.95. The van der Waals surface area contributed by atoms with E-state index in [1.54, 1.807) is 11.0 Å². The van der Waals surface area contributed by atoms with Gasteiger partial charge in [-0.15, -0.1) is 0 Å². The lowest BCUT2D eigenvalue weighted by Gasteiger charge is -2.27. The van der Waals surface area contributed by atoms with Crippen LogP contribution in [-0.4, -0.2) is 23.9 Å². The number of carbonyl (C=O) groups excluding carboxylic acids is 1. The highest BCUT2D eigenvalue weighted by Gasteiger charge is 2.34. The Balaban J connectivity index is 2.11. The van der Waals surface area contributed by atoms with E-state index in [1.165, 1.54) is 12.1 Å². The first-order valence-corrected chi connectivity index (χ1v) is 6.63. The van der Waals surface area contributed by atoms with Crippen molar-refractivity contribution in [1.29, 1.82) is 0 Å². The van der Waals surface area contributed by atoms with E-state index in [0.717, 1.165) is 19.5 Å². The Morgan fingerprint density at radius 1 is 1.42 bits per heavy atom. The Morgan fingerprint density at radius 3 is 2.63 bits per heavy atom. The van der Waals surface area contributed by atoms with Crippen molar-refractivity contribution in [3.63, 3.8) is 0 Å². The second kappa shape index (κ2) is 4.83. The Hall–Kier alpha value is -1.58. The van der Waals surface area contributed by atoms with Gasteiger partial charge in [-0.2, -0.15) is 0 Å². The summed E-state index contributed by atoms with van der Waals surface area (Å²) in [6.45, 7) is 8.05. The fourth-order valence-corrected chi connectivity index (χ4v) is 2.49. The van der Waals surface area contributed by atoms with Crippen LogP contribution in [-0.2, 0) is 0 Å². The molecule has 1 heterocycles. The minimum absolute atomic E-state index is 0.0746. The van der Waals surface area contributed by atoms with Gasteiger partial charge in [-0.25, -0.2) is 4.39 Å². The number of nitrogen functional groups attached to an aromatic ring is 1. The van der Waals surface area contributed by atoms with Crippen LogP contribution in [0.5, 0.6) is 0 Å². The third-order valence-corrected chi connectivity index (χ3v) is 3.95. The van der Waals surface area contributed by atoms with Gasteiger partial charge in [-0.05, 0) is 36.0 Å². The number of benzene rings is 1. The molecule has 1 unspecified atom stereocenters. The highest BCUT2D eigenvalue weighted by atomic mass is 19.1. The van der Waals surface area contributed by atoms with Crippen LogP contribution in [0.2, 0.25) is 0 Å². The maximum atomic E-state index is 13.4. The SMILES string of the molecule is CC(C)(C)C1CCN(C(=O)c2ccc(N)c(F)c2)C1. The zero-order chi connectivity index (χ0) is 14.2. The Bertz CT molecular complexity index is 493. The van der Waals surface area contributed by atoms with Crippen LogP contribution in [0.3, 0.4) is 0 Å². The summed E-state index contributed by atoms with van der Waals surface area (Å²) in [5, 5.41) is 0. The molecule has 1 fully saturated rings. The molecule has 2 N–H and O–H groups in total. The maximum Gasteiger partial charge on any atom is 0.253 e. The Kier molecular flexibility index (Phi) is 3.52. The van der Waals surface area contributed by atoms with Gasteiger partial charge in [-0.1, -0.05) is 20.8 Å². The predicted octanol–water partition coefficient (Wildman–Crippen LogP) is 2.92. The van der Waals surface area contributed by atoms with Gasteiger partial charge in [0.25, 0.3) is 5.91 Å². The molecule has 1 aliphatic heterocycles. The lowest BCUT2D eigenvalue weighted by Crippen LogP contribution is -2.31. The summed E-state index contributed by atoms with van der Waals surface area (Å²) in [5.41, 5.74) is 6.07. The molecular weight excluding hydrogens is 243 g/mol. The first kappa shape index (κ1) is 13.8. The number of amides is 1.